The van der Waals surface area contributed by atoms with E-state index in [0.29, 0.717) is 22.8 Å². The van der Waals surface area contributed by atoms with Crippen LogP contribution in [0.4, 0.5) is 34.9 Å². The summed E-state index contributed by atoms with van der Waals surface area (Å²) in [4.78, 5) is 25.2. The second kappa shape index (κ2) is 11.1. The van der Waals surface area contributed by atoms with Gasteiger partial charge >= 0.3 is 6.18 Å². The van der Waals surface area contributed by atoms with Crippen molar-refractivity contribution in [1.29, 1.82) is 0 Å². The van der Waals surface area contributed by atoms with Gasteiger partial charge < -0.3 is 20.4 Å². The summed E-state index contributed by atoms with van der Waals surface area (Å²) in [6.07, 6.45) is -0.771. The number of alkyl halides is 3. The van der Waals surface area contributed by atoms with Crippen LogP contribution in [0, 0.1) is 17.7 Å². The average Bonchev–Trinajstić information content (AvgIpc) is 3.33. The van der Waals surface area contributed by atoms with Crippen molar-refractivity contribution in [2.45, 2.75) is 18.6 Å². The number of likely N-dealkylation sites (tertiary alicyclic amines) is 1. The number of carbonyl (C=O) groups is 1. The Morgan fingerprint density at radius 2 is 1.82 bits per heavy atom. The van der Waals surface area contributed by atoms with E-state index in [1.54, 1.807) is 14.1 Å². The summed E-state index contributed by atoms with van der Waals surface area (Å²) in [6.45, 7) is 1.57. The molecule has 0 radical (unpaired) electrons. The van der Waals surface area contributed by atoms with Gasteiger partial charge in [0, 0.05) is 44.6 Å². The Labute approximate surface area is 217 Å². The lowest BCUT2D eigenvalue weighted by atomic mass is 10.1. The van der Waals surface area contributed by atoms with Gasteiger partial charge in [0.25, 0.3) is 5.91 Å². The fourth-order valence-electron chi connectivity index (χ4n) is 4.18. The maximum Gasteiger partial charge on any atom is 0.416 e. The lowest BCUT2D eigenvalue weighted by Crippen LogP contribution is -2.34. The first-order valence-electron chi connectivity index (χ1n) is 11.8. The monoisotopic (exact) mass is 526 g/mol. The van der Waals surface area contributed by atoms with Crippen molar-refractivity contribution in [2.24, 2.45) is 0 Å². The van der Waals surface area contributed by atoms with Gasteiger partial charge in [0.05, 0.1) is 28.1 Å². The van der Waals surface area contributed by atoms with Crippen molar-refractivity contribution in [3.63, 3.8) is 0 Å². The van der Waals surface area contributed by atoms with Crippen molar-refractivity contribution in [1.82, 2.24) is 14.9 Å². The molecule has 1 amide bonds. The molecule has 1 atom stereocenters. The largest absolute Gasteiger partial charge is 0.416 e. The first-order valence-corrected chi connectivity index (χ1v) is 11.8. The molecular weight excluding hydrogens is 500 g/mol. The van der Waals surface area contributed by atoms with Gasteiger partial charge in [-0.25, -0.2) is 14.4 Å². The maximum absolute atomic E-state index is 14.7. The molecule has 7 nitrogen and oxygen atoms in total. The second-order valence-electron chi connectivity index (χ2n) is 8.99. The van der Waals surface area contributed by atoms with Crippen molar-refractivity contribution in [3.05, 3.63) is 76.9 Å². The number of nitrogens with one attached hydrogen (secondary N) is 2. The van der Waals surface area contributed by atoms with Crippen LogP contribution in [0.3, 0.4) is 0 Å². The molecule has 198 valence electrons. The lowest BCUT2D eigenvalue weighted by Gasteiger charge is -2.29. The molecule has 38 heavy (non-hydrogen) atoms. The van der Waals surface area contributed by atoms with E-state index >= 15 is 0 Å². The van der Waals surface area contributed by atoms with Crippen LogP contribution < -0.4 is 15.5 Å². The number of amides is 1. The van der Waals surface area contributed by atoms with E-state index in [1.807, 2.05) is 11.9 Å². The molecule has 0 aliphatic carbocycles. The molecule has 0 bridgehead atoms. The van der Waals surface area contributed by atoms with Crippen LogP contribution in [0.5, 0.6) is 0 Å². The molecule has 1 unspecified atom stereocenters. The molecular formula is C27H26F4N6O. The Bertz CT molecular complexity index is 1380. The molecule has 1 aromatic heterocycles. The highest BCUT2D eigenvalue weighted by Gasteiger charge is 2.33. The summed E-state index contributed by atoms with van der Waals surface area (Å²) in [5, 5.41) is 5.29. The third-order valence-electron chi connectivity index (χ3n) is 6.30. The number of halogens is 4. The Kier molecular flexibility index (Phi) is 7.83. The standard InChI is InChI=1S/C27H26F4N6O/c1-32-26-33-14-18(15-34-26)5-4-17-6-8-22(28)21(12-17)25(38)35-23-13-19(27(29,30)31)7-9-24(23)37(3)20-10-11-36(2)16-20/h6-9,12-15,20H,10-11,16H2,1-3H3,(H,35,38)(H,32,33,34). The number of hydrogen-bond donors (Lipinski definition) is 2. The molecule has 2 N–H and O–H groups in total. The summed E-state index contributed by atoms with van der Waals surface area (Å²) in [5.74, 6) is 4.38. The Hall–Kier alpha value is -4.17. The molecule has 1 aliphatic rings. The predicted molar refractivity (Wildman–Crippen MR) is 138 cm³/mol. The normalized spacial score (nSPS) is 15.5. The number of benzene rings is 2. The van der Waals surface area contributed by atoms with E-state index in [1.165, 1.54) is 30.6 Å². The molecule has 3 aromatic rings. The minimum absolute atomic E-state index is 0.0499. The van der Waals surface area contributed by atoms with Crippen LogP contribution in [0.1, 0.15) is 33.5 Å². The van der Waals surface area contributed by atoms with E-state index in [0.717, 1.165) is 37.7 Å². The number of carbonyl (C=O) groups excluding carboxylic acids is 1. The summed E-state index contributed by atoms with van der Waals surface area (Å²) < 4.78 is 55.1. The van der Waals surface area contributed by atoms with Gasteiger partial charge in [-0.3, -0.25) is 4.79 Å². The van der Waals surface area contributed by atoms with Crippen LogP contribution >= 0.6 is 0 Å². The number of nitrogens with zero attached hydrogens (tertiary/aromatic N) is 4. The van der Waals surface area contributed by atoms with Crippen molar-refractivity contribution >= 4 is 23.2 Å². The Morgan fingerprint density at radius 1 is 1.11 bits per heavy atom. The first kappa shape index (κ1) is 26.9. The van der Waals surface area contributed by atoms with E-state index in [9.17, 15) is 22.4 Å². The van der Waals surface area contributed by atoms with Gasteiger partial charge in [-0.15, -0.1) is 0 Å². The second-order valence-corrected chi connectivity index (χ2v) is 8.99. The highest BCUT2D eigenvalue weighted by molar-refractivity contribution is 6.06. The van der Waals surface area contributed by atoms with Crippen LogP contribution in [0.15, 0.2) is 48.8 Å². The van der Waals surface area contributed by atoms with Crippen LogP contribution in [-0.2, 0) is 6.18 Å². The number of aromatic nitrogens is 2. The molecule has 4 rings (SSSR count). The highest BCUT2D eigenvalue weighted by atomic mass is 19.4. The maximum atomic E-state index is 14.7. The van der Waals surface area contributed by atoms with Gasteiger partial charge in [0.2, 0.25) is 5.95 Å². The van der Waals surface area contributed by atoms with Crippen molar-refractivity contribution in [2.75, 3.05) is 49.8 Å². The minimum atomic E-state index is -4.61. The lowest BCUT2D eigenvalue weighted by molar-refractivity contribution is -0.137. The number of hydrogen-bond acceptors (Lipinski definition) is 6. The molecule has 1 aliphatic heterocycles. The molecule has 1 saturated heterocycles. The van der Waals surface area contributed by atoms with E-state index in [-0.39, 0.29) is 17.3 Å². The fourth-order valence-corrected chi connectivity index (χ4v) is 4.18. The third-order valence-corrected chi connectivity index (χ3v) is 6.30. The predicted octanol–water partition coefficient (Wildman–Crippen LogP) is 4.47. The van der Waals surface area contributed by atoms with Crippen molar-refractivity contribution < 1.29 is 22.4 Å². The van der Waals surface area contributed by atoms with E-state index in [4.69, 9.17) is 0 Å². The summed E-state index contributed by atoms with van der Waals surface area (Å²) in [6, 6.07) is 6.98. The zero-order chi connectivity index (χ0) is 27.4. The first-order chi connectivity index (χ1) is 18.0. The summed E-state index contributed by atoms with van der Waals surface area (Å²) in [5.41, 5.74) is -0.0593. The molecule has 0 saturated carbocycles. The van der Waals surface area contributed by atoms with E-state index < -0.39 is 23.5 Å². The summed E-state index contributed by atoms with van der Waals surface area (Å²) >= 11 is 0. The van der Waals surface area contributed by atoms with Gasteiger partial charge in [0.15, 0.2) is 0 Å². The number of rotatable bonds is 5. The van der Waals surface area contributed by atoms with Gasteiger partial charge in [0.1, 0.15) is 5.82 Å². The zero-order valence-corrected chi connectivity index (χ0v) is 21.0. The minimum Gasteiger partial charge on any atom is -0.369 e. The summed E-state index contributed by atoms with van der Waals surface area (Å²) in [7, 11) is 5.41. The van der Waals surface area contributed by atoms with Crippen molar-refractivity contribution in [3.8, 4) is 11.8 Å². The smallest absolute Gasteiger partial charge is 0.369 e. The Balaban J connectivity index is 1.63. The van der Waals surface area contributed by atoms with Crippen LogP contribution in [0.2, 0.25) is 0 Å². The van der Waals surface area contributed by atoms with Crippen LogP contribution in [-0.4, -0.2) is 61.0 Å². The highest BCUT2D eigenvalue weighted by Crippen LogP contribution is 2.36. The van der Waals surface area contributed by atoms with Crippen LogP contribution in [0.25, 0.3) is 0 Å². The van der Waals surface area contributed by atoms with Gasteiger partial charge in [-0.2, -0.15) is 13.2 Å². The van der Waals surface area contributed by atoms with E-state index in [2.05, 4.69) is 37.3 Å². The molecule has 2 aromatic carbocycles. The molecule has 1 fully saturated rings. The number of anilines is 3. The van der Waals surface area contributed by atoms with Gasteiger partial charge in [-0.05, 0) is 56.4 Å². The van der Waals surface area contributed by atoms with Gasteiger partial charge in [-0.1, -0.05) is 11.8 Å². The number of likely N-dealkylation sites (N-methyl/N-ethyl adjacent to an activating group) is 2. The molecule has 11 heteroatoms. The molecule has 2 heterocycles. The average molecular weight is 527 g/mol. The molecule has 0 spiro atoms. The third kappa shape index (κ3) is 6.20. The Morgan fingerprint density at radius 3 is 2.45 bits per heavy atom. The zero-order valence-electron chi connectivity index (χ0n) is 21.0. The topological polar surface area (TPSA) is 73.4 Å². The fraction of sp³-hybridized carbons (Fsp3) is 0.296. The SMILES string of the molecule is CNc1ncc(C#Cc2ccc(F)c(C(=O)Nc3cc(C(F)(F)F)ccc3N(C)C3CCN(C)C3)c2)cn1. The quantitative estimate of drug-likeness (QED) is 0.378.